The van der Waals surface area contributed by atoms with Crippen molar-refractivity contribution in [3.8, 4) is 0 Å². The molecule has 0 aliphatic rings. The number of nitrogens with zero attached hydrogens (tertiary/aromatic N) is 1. The molecule has 0 aliphatic heterocycles. The van der Waals surface area contributed by atoms with E-state index in [4.69, 9.17) is 5.11 Å². The van der Waals surface area contributed by atoms with E-state index < -0.39 is 16.1 Å². The molecule has 0 aromatic heterocycles. The number of aryl methyl sites for hydroxylation is 1. The molecule has 1 aromatic carbocycles. The van der Waals surface area contributed by atoms with Gasteiger partial charge in [-0.25, -0.2) is 8.42 Å². The van der Waals surface area contributed by atoms with Crippen LogP contribution < -0.4 is 0 Å². The summed E-state index contributed by atoms with van der Waals surface area (Å²) in [5.74, 6) is 0. The Hall–Kier alpha value is -0.950. The Morgan fingerprint density at radius 2 is 1.94 bits per heavy atom. The van der Waals surface area contributed by atoms with Crippen molar-refractivity contribution in [1.29, 1.82) is 0 Å². The number of benzene rings is 1. The number of hydrogen-bond donors (Lipinski definition) is 2. The Bertz CT molecular complexity index is 485. The van der Waals surface area contributed by atoms with Crippen molar-refractivity contribution in [1.82, 2.24) is 4.31 Å². The monoisotopic (exact) mass is 273 g/mol. The molecule has 6 heteroatoms. The first kappa shape index (κ1) is 15.1. The van der Waals surface area contributed by atoms with Gasteiger partial charge in [-0.2, -0.15) is 4.31 Å². The van der Waals surface area contributed by atoms with Crippen LogP contribution in [0.1, 0.15) is 12.5 Å². The van der Waals surface area contributed by atoms with Crippen LogP contribution in [0.25, 0.3) is 0 Å². The molecule has 0 fully saturated rings. The second kappa shape index (κ2) is 6.29. The molecule has 18 heavy (non-hydrogen) atoms. The van der Waals surface area contributed by atoms with Gasteiger partial charge in [0.1, 0.15) is 0 Å². The molecule has 1 unspecified atom stereocenters. The topological polar surface area (TPSA) is 77.8 Å². The smallest absolute Gasteiger partial charge is 0.243 e. The van der Waals surface area contributed by atoms with E-state index in [0.717, 1.165) is 4.31 Å². The summed E-state index contributed by atoms with van der Waals surface area (Å²) in [6, 6.07) is 6.66. The average molecular weight is 273 g/mol. The van der Waals surface area contributed by atoms with Gasteiger partial charge in [0, 0.05) is 13.1 Å². The zero-order valence-electron chi connectivity index (χ0n) is 10.6. The second-order valence-corrected chi connectivity index (χ2v) is 6.11. The molecule has 0 radical (unpaired) electrons. The largest absolute Gasteiger partial charge is 0.395 e. The van der Waals surface area contributed by atoms with Crippen LogP contribution in [0.4, 0.5) is 0 Å². The minimum absolute atomic E-state index is 0.0262. The molecule has 0 amide bonds. The molecule has 0 heterocycles. The van der Waals surface area contributed by atoms with Crippen LogP contribution in [0.2, 0.25) is 0 Å². The highest BCUT2D eigenvalue weighted by molar-refractivity contribution is 7.89. The Balaban J connectivity index is 3.13. The average Bonchev–Trinajstić information content (AvgIpc) is 2.28. The van der Waals surface area contributed by atoms with Gasteiger partial charge in [-0.3, -0.25) is 0 Å². The van der Waals surface area contributed by atoms with E-state index in [1.54, 1.807) is 25.1 Å². The van der Waals surface area contributed by atoms with Crippen LogP contribution in [-0.2, 0) is 10.0 Å². The van der Waals surface area contributed by atoms with E-state index in [-0.39, 0.29) is 24.6 Å². The Morgan fingerprint density at radius 1 is 1.33 bits per heavy atom. The summed E-state index contributed by atoms with van der Waals surface area (Å²) in [7, 11) is -3.68. The fourth-order valence-corrected chi connectivity index (χ4v) is 3.44. The number of sulfonamides is 1. The molecular weight excluding hydrogens is 254 g/mol. The zero-order valence-corrected chi connectivity index (χ0v) is 11.4. The minimum Gasteiger partial charge on any atom is -0.395 e. The molecule has 0 bridgehead atoms. The second-order valence-electron chi connectivity index (χ2n) is 4.20. The minimum atomic E-state index is -3.68. The van der Waals surface area contributed by atoms with Crippen molar-refractivity contribution >= 4 is 10.0 Å². The van der Waals surface area contributed by atoms with Gasteiger partial charge < -0.3 is 10.2 Å². The zero-order chi connectivity index (χ0) is 13.8. The van der Waals surface area contributed by atoms with Gasteiger partial charge in [0.25, 0.3) is 0 Å². The van der Waals surface area contributed by atoms with Crippen LogP contribution in [-0.4, -0.2) is 48.7 Å². The summed E-state index contributed by atoms with van der Waals surface area (Å²) in [6.45, 7) is 2.89. The van der Waals surface area contributed by atoms with Gasteiger partial charge >= 0.3 is 0 Å². The lowest BCUT2D eigenvalue weighted by molar-refractivity contribution is 0.152. The van der Waals surface area contributed by atoms with Crippen LogP contribution in [0.15, 0.2) is 29.2 Å². The SMILES string of the molecule is Cc1ccccc1S(=O)(=O)N(CCO)CC(C)O. The van der Waals surface area contributed by atoms with E-state index in [1.807, 2.05) is 0 Å². The van der Waals surface area contributed by atoms with Gasteiger partial charge in [0.2, 0.25) is 10.0 Å². The summed E-state index contributed by atoms with van der Waals surface area (Å²) in [6.07, 6.45) is -0.782. The highest BCUT2D eigenvalue weighted by atomic mass is 32.2. The van der Waals surface area contributed by atoms with Crippen molar-refractivity contribution in [2.24, 2.45) is 0 Å². The number of aliphatic hydroxyl groups excluding tert-OH is 2. The Labute approximate surface area is 108 Å². The first-order valence-corrected chi connectivity index (χ1v) is 7.18. The summed E-state index contributed by atoms with van der Waals surface area (Å²) < 4.78 is 25.9. The summed E-state index contributed by atoms with van der Waals surface area (Å²) >= 11 is 0. The maximum atomic E-state index is 12.4. The Kier molecular flexibility index (Phi) is 5.28. The van der Waals surface area contributed by atoms with Crippen LogP contribution >= 0.6 is 0 Å². The van der Waals surface area contributed by atoms with Crippen molar-refractivity contribution in [3.05, 3.63) is 29.8 Å². The Morgan fingerprint density at radius 3 is 2.44 bits per heavy atom. The first-order valence-electron chi connectivity index (χ1n) is 5.74. The van der Waals surface area contributed by atoms with Gasteiger partial charge in [0.15, 0.2) is 0 Å². The quantitative estimate of drug-likeness (QED) is 0.784. The van der Waals surface area contributed by atoms with Crippen molar-refractivity contribution < 1.29 is 18.6 Å². The van der Waals surface area contributed by atoms with E-state index in [1.165, 1.54) is 13.0 Å². The molecule has 0 spiro atoms. The van der Waals surface area contributed by atoms with Crippen LogP contribution in [0.5, 0.6) is 0 Å². The first-order chi connectivity index (χ1) is 8.39. The van der Waals surface area contributed by atoms with Crippen molar-refractivity contribution in [2.75, 3.05) is 19.7 Å². The lowest BCUT2D eigenvalue weighted by Crippen LogP contribution is -2.38. The van der Waals surface area contributed by atoms with E-state index in [2.05, 4.69) is 0 Å². The lowest BCUT2D eigenvalue weighted by atomic mass is 10.2. The summed E-state index contributed by atoms with van der Waals surface area (Å²) in [5.41, 5.74) is 0.644. The van der Waals surface area contributed by atoms with Gasteiger partial charge in [-0.05, 0) is 25.5 Å². The van der Waals surface area contributed by atoms with E-state index in [0.29, 0.717) is 5.56 Å². The highest BCUT2D eigenvalue weighted by Gasteiger charge is 2.26. The van der Waals surface area contributed by atoms with E-state index >= 15 is 0 Å². The maximum absolute atomic E-state index is 12.4. The molecule has 1 atom stereocenters. The standard InChI is InChI=1S/C12H19NO4S/c1-10-5-3-4-6-12(10)18(16,17)13(7-8-14)9-11(2)15/h3-6,11,14-15H,7-9H2,1-2H3. The molecule has 2 N–H and O–H groups in total. The molecule has 5 nitrogen and oxygen atoms in total. The van der Waals surface area contributed by atoms with Crippen LogP contribution in [0, 0.1) is 6.92 Å². The molecule has 0 saturated carbocycles. The maximum Gasteiger partial charge on any atom is 0.243 e. The third kappa shape index (κ3) is 3.52. The molecule has 102 valence electrons. The third-order valence-corrected chi connectivity index (χ3v) is 4.55. The molecular formula is C12H19NO4S. The van der Waals surface area contributed by atoms with Crippen LogP contribution in [0.3, 0.4) is 0 Å². The summed E-state index contributed by atoms with van der Waals surface area (Å²) in [4.78, 5) is 0.208. The summed E-state index contributed by atoms with van der Waals surface area (Å²) in [5, 5.41) is 18.3. The van der Waals surface area contributed by atoms with Crippen molar-refractivity contribution in [3.63, 3.8) is 0 Å². The molecule has 0 saturated heterocycles. The highest BCUT2D eigenvalue weighted by Crippen LogP contribution is 2.19. The third-order valence-electron chi connectivity index (χ3n) is 2.53. The fraction of sp³-hybridized carbons (Fsp3) is 0.500. The van der Waals surface area contributed by atoms with Gasteiger partial charge in [-0.15, -0.1) is 0 Å². The van der Waals surface area contributed by atoms with E-state index in [9.17, 15) is 13.5 Å². The predicted molar refractivity (Wildman–Crippen MR) is 68.7 cm³/mol. The van der Waals surface area contributed by atoms with Gasteiger partial charge in [0.05, 0.1) is 17.6 Å². The normalized spacial score (nSPS) is 13.8. The molecule has 1 aromatic rings. The van der Waals surface area contributed by atoms with Gasteiger partial charge in [-0.1, -0.05) is 18.2 Å². The lowest BCUT2D eigenvalue weighted by Gasteiger charge is -2.23. The number of aliphatic hydroxyl groups is 2. The number of rotatable bonds is 6. The molecule has 0 aliphatic carbocycles. The number of hydrogen-bond acceptors (Lipinski definition) is 4. The van der Waals surface area contributed by atoms with Crippen molar-refractivity contribution in [2.45, 2.75) is 24.8 Å². The molecule has 1 rings (SSSR count). The predicted octanol–water partition coefficient (Wildman–Crippen LogP) is 0.359. The fourth-order valence-electron chi connectivity index (χ4n) is 1.70.